The summed E-state index contributed by atoms with van der Waals surface area (Å²) in [5.41, 5.74) is 5.97. The highest BCUT2D eigenvalue weighted by molar-refractivity contribution is 6.30. The molecule has 7 heteroatoms. The number of hydrogen-bond acceptors (Lipinski definition) is 4. The van der Waals surface area contributed by atoms with Gasteiger partial charge in [-0.2, -0.15) is 0 Å². The first-order valence-corrected chi connectivity index (χ1v) is 15.0. The zero-order chi connectivity index (χ0) is 27.5. The quantitative estimate of drug-likeness (QED) is 0.286. The molecular formula is C33H38ClN5O. The second-order valence-electron chi connectivity index (χ2n) is 11.1. The molecule has 2 fully saturated rings. The van der Waals surface area contributed by atoms with Crippen LogP contribution in [0.4, 0.5) is 5.69 Å². The number of amides is 1. The van der Waals surface area contributed by atoms with Crippen LogP contribution in [0.3, 0.4) is 0 Å². The predicted octanol–water partition coefficient (Wildman–Crippen LogP) is 5.86. The predicted molar refractivity (Wildman–Crippen MR) is 163 cm³/mol. The van der Waals surface area contributed by atoms with Gasteiger partial charge in [-0.3, -0.25) is 9.69 Å². The summed E-state index contributed by atoms with van der Waals surface area (Å²) in [6.07, 6.45) is 3.06. The van der Waals surface area contributed by atoms with Crippen LogP contribution in [0.25, 0.3) is 11.0 Å². The molecule has 2 saturated heterocycles. The number of carbonyl (C=O) groups is 1. The Morgan fingerprint density at radius 3 is 2.35 bits per heavy atom. The fourth-order valence-corrected chi connectivity index (χ4v) is 6.31. The van der Waals surface area contributed by atoms with Gasteiger partial charge in [0.05, 0.1) is 23.5 Å². The average Bonchev–Trinajstić information content (AvgIpc) is 3.34. The number of aryl methyl sites for hydroxylation is 1. The van der Waals surface area contributed by atoms with Crippen LogP contribution in [0.1, 0.15) is 36.7 Å². The molecule has 6 rings (SSSR count). The number of nitrogens with zero attached hydrogens (tertiary/aromatic N) is 5. The number of aromatic nitrogens is 2. The van der Waals surface area contributed by atoms with E-state index in [1.54, 1.807) is 0 Å². The Morgan fingerprint density at radius 2 is 1.60 bits per heavy atom. The van der Waals surface area contributed by atoms with Gasteiger partial charge in [-0.25, -0.2) is 4.98 Å². The van der Waals surface area contributed by atoms with Gasteiger partial charge in [0.2, 0.25) is 5.91 Å². The smallest absolute Gasteiger partial charge is 0.227 e. The number of halogens is 1. The summed E-state index contributed by atoms with van der Waals surface area (Å²) in [4.78, 5) is 25.6. The summed E-state index contributed by atoms with van der Waals surface area (Å²) < 4.78 is 2.32. The van der Waals surface area contributed by atoms with Crippen molar-refractivity contribution in [2.24, 2.45) is 5.92 Å². The van der Waals surface area contributed by atoms with Gasteiger partial charge in [-0.05, 0) is 73.3 Å². The highest BCUT2D eigenvalue weighted by Gasteiger charge is 2.31. The Morgan fingerprint density at radius 1 is 0.875 bits per heavy atom. The van der Waals surface area contributed by atoms with Crippen LogP contribution in [0, 0.1) is 5.92 Å². The van der Waals surface area contributed by atoms with Crippen LogP contribution < -0.4 is 4.90 Å². The third-order valence-electron chi connectivity index (χ3n) is 8.51. The van der Waals surface area contributed by atoms with Crippen LogP contribution in [-0.4, -0.2) is 64.5 Å². The normalized spacial score (nSPS) is 18.4. The van der Waals surface area contributed by atoms with E-state index in [9.17, 15) is 4.79 Å². The molecule has 2 aliphatic rings. The van der Waals surface area contributed by atoms with E-state index in [-0.39, 0.29) is 5.92 Å². The number of para-hydroxylation sites is 2. The van der Waals surface area contributed by atoms with Gasteiger partial charge in [0.1, 0.15) is 5.82 Å². The van der Waals surface area contributed by atoms with Gasteiger partial charge in [0.25, 0.3) is 0 Å². The average molecular weight is 556 g/mol. The molecule has 1 amide bonds. The lowest BCUT2D eigenvalue weighted by Gasteiger charge is -2.39. The van der Waals surface area contributed by atoms with Gasteiger partial charge < -0.3 is 14.4 Å². The van der Waals surface area contributed by atoms with Crippen molar-refractivity contribution in [2.45, 2.75) is 39.3 Å². The molecule has 0 unspecified atom stereocenters. The zero-order valence-corrected chi connectivity index (χ0v) is 24.1. The molecule has 0 N–H and O–H groups in total. The summed E-state index contributed by atoms with van der Waals surface area (Å²) in [5.74, 6) is 1.42. The van der Waals surface area contributed by atoms with E-state index in [1.165, 1.54) is 16.8 Å². The van der Waals surface area contributed by atoms with Gasteiger partial charge in [-0.1, -0.05) is 54.9 Å². The Bertz CT molecular complexity index is 1440. The van der Waals surface area contributed by atoms with E-state index in [4.69, 9.17) is 16.6 Å². The van der Waals surface area contributed by atoms with Crippen LogP contribution in [0.2, 0.25) is 5.02 Å². The fraction of sp³-hybridized carbons (Fsp3) is 0.394. The maximum absolute atomic E-state index is 13.6. The summed E-state index contributed by atoms with van der Waals surface area (Å²) in [5, 5.41) is 0.746. The van der Waals surface area contributed by atoms with Crippen molar-refractivity contribution in [3.05, 3.63) is 94.8 Å². The molecule has 0 aliphatic carbocycles. The first kappa shape index (κ1) is 26.9. The summed E-state index contributed by atoms with van der Waals surface area (Å²) in [6, 6.07) is 25.2. The second-order valence-corrected chi connectivity index (χ2v) is 11.6. The number of likely N-dealkylation sites (tertiary alicyclic amines) is 1. The molecular weight excluding hydrogens is 518 g/mol. The zero-order valence-electron chi connectivity index (χ0n) is 23.3. The van der Waals surface area contributed by atoms with E-state index in [1.807, 2.05) is 18.2 Å². The van der Waals surface area contributed by atoms with Crippen LogP contribution in [0.5, 0.6) is 0 Å². The van der Waals surface area contributed by atoms with Crippen molar-refractivity contribution in [2.75, 3.05) is 44.2 Å². The number of piperazine rings is 1. The van der Waals surface area contributed by atoms with Gasteiger partial charge in [-0.15, -0.1) is 0 Å². The van der Waals surface area contributed by atoms with Gasteiger partial charge in [0, 0.05) is 50.0 Å². The molecule has 208 valence electrons. The van der Waals surface area contributed by atoms with Crippen LogP contribution in [-0.2, 0) is 24.3 Å². The van der Waals surface area contributed by atoms with E-state index in [2.05, 4.69) is 80.8 Å². The van der Waals surface area contributed by atoms with Crippen molar-refractivity contribution < 1.29 is 4.79 Å². The van der Waals surface area contributed by atoms with Crippen molar-refractivity contribution in [3.63, 3.8) is 0 Å². The second kappa shape index (κ2) is 12.0. The Kier molecular flexibility index (Phi) is 8.08. The van der Waals surface area contributed by atoms with E-state index < -0.39 is 0 Å². The van der Waals surface area contributed by atoms with Crippen molar-refractivity contribution in [3.8, 4) is 0 Å². The third-order valence-corrected chi connectivity index (χ3v) is 8.76. The standard InChI is InChI=1S/C33H38ClN5O/c1-2-25-11-15-29(16-12-25)37-18-20-38(21-19-37)33(40)27-6-5-17-36(23-27)24-32-35-30-7-3-4-8-31(30)39(32)22-26-9-13-28(34)14-10-26/h3-4,7-16,27H,2,5-6,17-24H2,1H3/t27-/m1/s1. The lowest BCUT2D eigenvalue weighted by molar-refractivity contribution is -0.137. The minimum atomic E-state index is 0.0539. The molecule has 40 heavy (non-hydrogen) atoms. The number of carbonyl (C=O) groups excluding carboxylic acids is 1. The molecule has 1 atom stereocenters. The van der Waals surface area contributed by atoms with Crippen LogP contribution >= 0.6 is 11.6 Å². The Labute approximate surface area is 242 Å². The Balaban J connectivity index is 1.10. The molecule has 0 spiro atoms. The molecule has 4 aromatic rings. The maximum Gasteiger partial charge on any atom is 0.227 e. The van der Waals surface area contributed by atoms with Gasteiger partial charge >= 0.3 is 0 Å². The molecule has 1 aromatic heterocycles. The SMILES string of the molecule is CCc1ccc(N2CCN(C(=O)[C@@H]3CCCN(Cc4nc5ccccc5n4Cc4ccc(Cl)cc4)C3)CC2)cc1. The van der Waals surface area contributed by atoms with Crippen molar-refractivity contribution in [1.82, 2.24) is 19.4 Å². The number of anilines is 1. The molecule has 3 aromatic carbocycles. The Hall–Kier alpha value is -3.35. The van der Waals surface area contributed by atoms with Crippen LogP contribution in [0.15, 0.2) is 72.8 Å². The van der Waals surface area contributed by atoms with E-state index in [0.29, 0.717) is 5.91 Å². The lowest BCUT2D eigenvalue weighted by atomic mass is 9.96. The van der Waals surface area contributed by atoms with Gasteiger partial charge in [0.15, 0.2) is 0 Å². The summed E-state index contributed by atoms with van der Waals surface area (Å²) >= 11 is 6.13. The topological polar surface area (TPSA) is 44.6 Å². The highest BCUT2D eigenvalue weighted by Crippen LogP contribution is 2.25. The first-order valence-electron chi connectivity index (χ1n) is 14.6. The number of benzene rings is 3. The summed E-state index contributed by atoms with van der Waals surface area (Å²) in [6.45, 7) is 8.83. The number of rotatable bonds is 7. The molecule has 2 aliphatic heterocycles. The fourth-order valence-electron chi connectivity index (χ4n) is 6.18. The minimum absolute atomic E-state index is 0.0539. The number of imidazole rings is 1. The monoisotopic (exact) mass is 555 g/mol. The van der Waals surface area contributed by atoms with Crippen molar-refractivity contribution >= 4 is 34.2 Å². The van der Waals surface area contributed by atoms with Crippen molar-refractivity contribution in [1.29, 1.82) is 0 Å². The lowest BCUT2D eigenvalue weighted by Crippen LogP contribution is -2.52. The third kappa shape index (κ3) is 5.89. The largest absolute Gasteiger partial charge is 0.368 e. The highest BCUT2D eigenvalue weighted by atomic mass is 35.5. The molecule has 0 saturated carbocycles. The molecule has 0 bridgehead atoms. The molecule has 0 radical (unpaired) electrons. The number of hydrogen-bond donors (Lipinski definition) is 0. The van der Waals surface area contributed by atoms with E-state index in [0.717, 1.165) is 93.5 Å². The number of fused-ring (bicyclic) bond motifs is 1. The summed E-state index contributed by atoms with van der Waals surface area (Å²) in [7, 11) is 0. The number of piperidine rings is 1. The molecule has 6 nitrogen and oxygen atoms in total. The van der Waals surface area contributed by atoms with E-state index >= 15 is 0 Å². The first-order chi connectivity index (χ1) is 19.6. The maximum atomic E-state index is 13.6. The minimum Gasteiger partial charge on any atom is -0.368 e. The molecule has 3 heterocycles.